The molecular weight excluding hydrogens is 468 g/mol. The summed E-state index contributed by atoms with van der Waals surface area (Å²) in [5, 5.41) is 15.0. The van der Waals surface area contributed by atoms with Gasteiger partial charge in [0.05, 0.1) is 35.3 Å². The summed E-state index contributed by atoms with van der Waals surface area (Å²) in [5.74, 6) is 0.134. The summed E-state index contributed by atoms with van der Waals surface area (Å²) in [5.41, 5.74) is 3.03. The number of hydrogen-bond donors (Lipinski definition) is 2. The number of nitrogens with zero attached hydrogens (tertiary/aromatic N) is 4. The zero-order chi connectivity index (χ0) is 24.5. The molecule has 0 bridgehead atoms. The first-order chi connectivity index (χ1) is 17.0. The molecule has 35 heavy (non-hydrogen) atoms. The molecule has 2 aromatic heterocycles. The van der Waals surface area contributed by atoms with Crippen LogP contribution in [0.2, 0.25) is 0 Å². The summed E-state index contributed by atoms with van der Waals surface area (Å²) in [4.78, 5) is 37.7. The van der Waals surface area contributed by atoms with Crippen molar-refractivity contribution in [2.75, 3.05) is 18.9 Å². The number of hydrogen-bond acceptors (Lipinski definition) is 7. The molecule has 0 fully saturated rings. The van der Waals surface area contributed by atoms with E-state index in [1.807, 2.05) is 53.8 Å². The molecule has 0 saturated heterocycles. The Hall–Kier alpha value is -4.12. The van der Waals surface area contributed by atoms with Crippen molar-refractivity contribution in [2.24, 2.45) is 0 Å². The van der Waals surface area contributed by atoms with Gasteiger partial charge in [-0.2, -0.15) is 0 Å². The number of fused-ring (bicyclic) bond motifs is 3. The fourth-order valence-electron chi connectivity index (χ4n) is 3.90. The second kappa shape index (κ2) is 9.26. The molecule has 2 amide bonds. The maximum Gasteiger partial charge on any atom is 0.337 e. The van der Waals surface area contributed by atoms with Crippen molar-refractivity contribution in [3.8, 4) is 5.69 Å². The van der Waals surface area contributed by atoms with E-state index in [0.29, 0.717) is 38.8 Å². The summed E-state index contributed by atoms with van der Waals surface area (Å²) in [7, 11) is 0. The number of esters is 1. The van der Waals surface area contributed by atoms with Gasteiger partial charge < -0.3 is 15.4 Å². The number of nitrogens with one attached hydrogen (secondary N) is 2. The summed E-state index contributed by atoms with van der Waals surface area (Å²) in [6, 6.07) is 14.5. The Morgan fingerprint density at radius 2 is 1.89 bits per heavy atom. The second-order valence-corrected chi connectivity index (χ2v) is 8.83. The molecule has 0 spiro atoms. The second-order valence-electron chi connectivity index (χ2n) is 7.89. The number of ether oxygens (including phenoxy) is 1. The number of carbonyl (C=O) groups is 2. The molecular formula is C24H22N6O4S. The number of benzene rings is 2. The number of para-hydroxylation sites is 1. The Morgan fingerprint density at radius 3 is 2.66 bits per heavy atom. The Morgan fingerprint density at radius 1 is 1.11 bits per heavy atom. The highest BCUT2D eigenvalue weighted by atomic mass is 32.2. The smallest absolute Gasteiger partial charge is 0.337 e. The van der Waals surface area contributed by atoms with Crippen LogP contribution in [-0.2, 0) is 9.53 Å². The average molecular weight is 491 g/mol. The number of urea groups is 1. The Balaban J connectivity index is 1.62. The van der Waals surface area contributed by atoms with Crippen molar-refractivity contribution in [3.63, 3.8) is 0 Å². The standard InChI is InChI=1S/C24H22N6O4S/c1-3-34-21(32)17-12-25-22(33)26-18(17)13-35-24-28-27-23-29(15-10-8-14(2)9-11-15)20(31)16-6-4-5-7-19(16)30(23)24/h4-11H,3,12-13H2,1-2H3,(H2,25,26,33). The number of amides is 2. The lowest BCUT2D eigenvalue weighted by atomic mass is 10.2. The van der Waals surface area contributed by atoms with Crippen molar-refractivity contribution >= 4 is 40.4 Å². The van der Waals surface area contributed by atoms with Crippen LogP contribution < -0.4 is 16.2 Å². The monoisotopic (exact) mass is 490 g/mol. The predicted molar refractivity (Wildman–Crippen MR) is 132 cm³/mol. The zero-order valence-corrected chi connectivity index (χ0v) is 19.9. The molecule has 11 heteroatoms. The number of rotatable bonds is 6. The Kier molecular flexibility index (Phi) is 6.00. The van der Waals surface area contributed by atoms with Crippen LogP contribution >= 0.6 is 11.8 Å². The minimum atomic E-state index is -0.486. The van der Waals surface area contributed by atoms with Crippen molar-refractivity contribution in [1.29, 1.82) is 0 Å². The Bertz CT molecular complexity index is 1550. The van der Waals surface area contributed by atoms with Gasteiger partial charge >= 0.3 is 12.0 Å². The molecule has 2 aromatic carbocycles. The van der Waals surface area contributed by atoms with Gasteiger partial charge in [0.25, 0.3) is 5.56 Å². The molecule has 5 rings (SSSR count). The van der Waals surface area contributed by atoms with E-state index in [1.165, 1.54) is 16.3 Å². The first-order valence-electron chi connectivity index (χ1n) is 11.0. The van der Waals surface area contributed by atoms with Crippen molar-refractivity contribution in [3.05, 3.63) is 75.7 Å². The van der Waals surface area contributed by atoms with Crippen LogP contribution in [0.3, 0.4) is 0 Å². The van der Waals surface area contributed by atoms with E-state index >= 15 is 0 Å². The van der Waals surface area contributed by atoms with Gasteiger partial charge in [-0.1, -0.05) is 41.6 Å². The molecule has 178 valence electrons. The SMILES string of the molecule is CCOC(=O)C1=C(CSc2nnc3n(-c4ccc(C)cc4)c(=O)c4ccccc4n23)NC(=O)NC1. The minimum absolute atomic E-state index is 0.0804. The summed E-state index contributed by atoms with van der Waals surface area (Å²) in [6.07, 6.45) is 0. The van der Waals surface area contributed by atoms with Gasteiger partial charge in [-0.15, -0.1) is 10.2 Å². The maximum absolute atomic E-state index is 13.4. The van der Waals surface area contributed by atoms with Crippen LogP contribution in [-0.4, -0.2) is 50.1 Å². The third-order valence-electron chi connectivity index (χ3n) is 5.61. The fraction of sp³-hybridized carbons (Fsp3) is 0.208. The van der Waals surface area contributed by atoms with Gasteiger partial charge in [-0.05, 0) is 38.1 Å². The van der Waals surface area contributed by atoms with Gasteiger partial charge in [0.15, 0.2) is 5.16 Å². The van der Waals surface area contributed by atoms with E-state index in [9.17, 15) is 14.4 Å². The molecule has 0 saturated carbocycles. The first kappa shape index (κ1) is 22.7. The van der Waals surface area contributed by atoms with E-state index in [-0.39, 0.29) is 24.5 Å². The van der Waals surface area contributed by atoms with E-state index in [1.54, 1.807) is 13.0 Å². The van der Waals surface area contributed by atoms with E-state index < -0.39 is 12.0 Å². The molecule has 0 atom stereocenters. The van der Waals surface area contributed by atoms with Gasteiger partial charge in [0, 0.05) is 11.4 Å². The summed E-state index contributed by atoms with van der Waals surface area (Å²) in [6.45, 7) is 4.01. The van der Waals surface area contributed by atoms with Crippen molar-refractivity contribution in [1.82, 2.24) is 29.8 Å². The molecule has 0 unspecified atom stereocenters. The highest BCUT2D eigenvalue weighted by Crippen LogP contribution is 2.25. The highest BCUT2D eigenvalue weighted by molar-refractivity contribution is 7.99. The van der Waals surface area contributed by atoms with Crippen LogP contribution in [0.25, 0.3) is 22.4 Å². The average Bonchev–Trinajstić information content (AvgIpc) is 3.28. The third kappa shape index (κ3) is 4.14. The highest BCUT2D eigenvalue weighted by Gasteiger charge is 2.25. The number of thioether (sulfide) groups is 1. The maximum atomic E-state index is 13.4. The molecule has 1 aliphatic heterocycles. The quantitative estimate of drug-likeness (QED) is 0.315. The Labute approximate surface area is 204 Å². The molecule has 0 radical (unpaired) electrons. The molecule has 4 aromatic rings. The number of aryl methyl sites for hydroxylation is 1. The zero-order valence-electron chi connectivity index (χ0n) is 19.1. The number of carbonyl (C=O) groups excluding carboxylic acids is 2. The third-order valence-corrected chi connectivity index (χ3v) is 6.56. The van der Waals surface area contributed by atoms with E-state index in [0.717, 1.165) is 5.56 Å². The van der Waals surface area contributed by atoms with Gasteiger partial charge in [-0.3, -0.25) is 9.20 Å². The lowest BCUT2D eigenvalue weighted by Gasteiger charge is -2.20. The fourth-order valence-corrected chi connectivity index (χ4v) is 4.83. The topological polar surface area (TPSA) is 120 Å². The van der Waals surface area contributed by atoms with Crippen LogP contribution in [0.5, 0.6) is 0 Å². The molecule has 3 heterocycles. The summed E-state index contributed by atoms with van der Waals surface area (Å²) < 4.78 is 8.48. The van der Waals surface area contributed by atoms with Crippen LogP contribution in [0.4, 0.5) is 4.79 Å². The van der Waals surface area contributed by atoms with Gasteiger partial charge in [0.2, 0.25) is 5.78 Å². The number of aromatic nitrogens is 4. The lowest BCUT2D eigenvalue weighted by Crippen LogP contribution is -2.44. The minimum Gasteiger partial charge on any atom is -0.463 e. The lowest BCUT2D eigenvalue weighted by molar-refractivity contribution is -0.138. The van der Waals surface area contributed by atoms with E-state index in [4.69, 9.17) is 4.74 Å². The first-order valence-corrected chi connectivity index (χ1v) is 12.0. The van der Waals surface area contributed by atoms with E-state index in [2.05, 4.69) is 20.8 Å². The molecule has 0 aliphatic carbocycles. The largest absolute Gasteiger partial charge is 0.463 e. The summed E-state index contributed by atoms with van der Waals surface area (Å²) >= 11 is 1.30. The van der Waals surface area contributed by atoms with Crippen molar-refractivity contribution in [2.45, 2.75) is 19.0 Å². The van der Waals surface area contributed by atoms with Crippen LogP contribution in [0, 0.1) is 6.92 Å². The predicted octanol–water partition coefficient (Wildman–Crippen LogP) is 2.56. The van der Waals surface area contributed by atoms with Crippen molar-refractivity contribution < 1.29 is 14.3 Å². The molecule has 1 aliphatic rings. The molecule has 2 N–H and O–H groups in total. The van der Waals surface area contributed by atoms with Crippen LogP contribution in [0.1, 0.15) is 12.5 Å². The van der Waals surface area contributed by atoms with Gasteiger partial charge in [0.1, 0.15) is 0 Å². The molecule has 10 nitrogen and oxygen atoms in total. The normalized spacial score (nSPS) is 13.7. The van der Waals surface area contributed by atoms with Crippen LogP contribution in [0.15, 0.2) is 69.8 Å². The van der Waals surface area contributed by atoms with Gasteiger partial charge in [-0.25, -0.2) is 14.2 Å².